The number of anilines is 1. The Kier molecular flexibility index (Phi) is 4.89. The van der Waals surface area contributed by atoms with Gasteiger partial charge in [0.25, 0.3) is 0 Å². The van der Waals surface area contributed by atoms with Crippen molar-refractivity contribution < 1.29 is 14.3 Å². The topological polar surface area (TPSA) is 73.3 Å². The van der Waals surface area contributed by atoms with E-state index >= 15 is 0 Å². The van der Waals surface area contributed by atoms with Gasteiger partial charge in [0.05, 0.1) is 5.92 Å². The Balaban J connectivity index is 1.38. The minimum Gasteiger partial charge on any atom is -0.492 e. The Morgan fingerprint density at radius 3 is 2.70 bits per heavy atom. The van der Waals surface area contributed by atoms with Crippen LogP contribution in [-0.2, 0) is 11.2 Å². The Labute approximate surface area is 161 Å². The first-order chi connectivity index (χ1) is 13.2. The van der Waals surface area contributed by atoms with Gasteiger partial charge in [-0.15, -0.1) is 0 Å². The molecule has 1 aromatic heterocycles. The molecule has 2 aromatic carbocycles. The highest BCUT2D eigenvalue weighted by Crippen LogP contribution is 2.30. The quantitative estimate of drug-likeness (QED) is 0.736. The Morgan fingerprint density at radius 1 is 1.15 bits per heavy atom. The third-order valence-corrected chi connectivity index (χ3v) is 4.41. The number of carbonyl (C=O) groups excluding carboxylic acids is 1. The van der Waals surface area contributed by atoms with Gasteiger partial charge in [-0.05, 0) is 60.5 Å². The molecule has 0 fully saturated rings. The van der Waals surface area contributed by atoms with Gasteiger partial charge in [0.15, 0.2) is 0 Å². The zero-order valence-electron chi connectivity index (χ0n) is 14.3. The van der Waals surface area contributed by atoms with Gasteiger partial charge in [-0.3, -0.25) is 4.79 Å². The second-order valence-corrected chi connectivity index (χ2v) is 6.55. The van der Waals surface area contributed by atoms with Gasteiger partial charge in [-0.1, -0.05) is 11.6 Å². The summed E-state index contributed by atoms with van der Waals surface area (Å²) in [6.45, 7) is 0.340. The van der Waals surface area contributed by atoms with Crippen molar-refractivity contribution in [2.45, 2.75) is 6.42 Å². The lowest BCUT2D eigenvalue weighted by molar-refractivity contribution is -0.121. The molecule has 0 aliphatic carbocycles. The van der Waals surface area contributed by atoms with Gasteiger partial charge in [0.1, 0.15) is 18.1 Å². The molecule has 0 radical (unpaired) electrons. The molecular weight excluding hydrogens is 366 g/mol. The highest BCUT2D eigenvalue weighted by molar-refractivity contribution is 6.30. The van der Waals surface area contributed by atoms with Crippen LogP contribution in [0.4, 0.5) is 5.69 Å². The number of carbonyl (C=O) groups is 1. The van der Waals surface area contributed by atoms with E-state index in [-0.39, 0.29) is 17.8 Å². The van der Waals surface area contributed by atoms with Gasteiger partial charge in [-0.2, -0.15) is 0 Å². The van der Waals surface area contributed by atoms with Crippen LogP contribution in [-0.4, -0.2) is 22.5 Å². The fourth-order valence-electron chi connectivity index (χ4n) is 2.83. The van der Waals surface area contributed by atoms with Crippen LogP contribution in [0.3, 0.4) is 0 Å². The summed E-state index contributed by atoms with van der Waals surface area (Å²) >= 11 is 6.03. The van der Waals surface area contributed by atoms with Crippen molar-refractivity contribution in [3.63, 3.8) is 0 Å². The van der Waals surface area contributed by atoms with Gasteiger partial charge >= 0.3 is 6.01 Å². The number of hydrogen-bond donors (Lipinski definition) is 1. The van der Waals surface area contributed by atoms with E-state index in [1.54, 1.807) is 48.8 Å². The second kappa shape index (κ2) is 7.63. The second-order valence-electron chi connectivity index (χ2n) is 6.11. The van der Waals surface area contributed by atoms with Crippen LogP contribution in [0.15, 0.2) is 60.9 Å². The van der Waals surface area contributed by atoms with Crippen molar-refractivity contribution in [1.82, 2.24) is 9.97 Å². The molecule has 1 unspecified atom stereocenters. The zero-order valence-corrected chi connectivity index (χ0v) is 15.0. The molecule has 6 nitrogen and oxygen atoms in total. The largest absolute Gasteiger partial charge is 0.492 e. The summed E-state index contributed by atoms with van der Waals surface area (Å²) in [7, 11) is 0. The average molecular weight is 382 g/mol. The summed E-state index contributed by atoms with van der Waals surface area (Å²) in [6.07, 6.45) is 3.80. The number of amides is 1. The molecule has 3 aromatic rings. The summed E-state index contributed by atoms with van der Waals surface area (Å²) in [5.41, 5.74) is 1.62. The molecule has 4 rings (SSSR count). The summed E-state index contributed by atoms with van der Waals surface area (Å²) in [5.74, 6) is 1.00. The van der Waals surface area contributed by atoms with Crippen molar-refractivity contribution >= 4 is 23.2 Å². The normalized spacial score (nSPS) is 15.4. The van der Waals surface area contributed by atoms with Crippen LogP contribution in [0, 0.1) is 5.92 Å². The molecule has 2 heterocycles. The van der Waals surface area contributed by atoms with Gasteiger partial charge in [0, 0.05) is 23.1 Å². The van der Waals surface area contributed by atoms with Crippen molar-refractivity contribution in [2.24, 2.45) is 5.92 Å². The van der Waals surface area contributed by atoms with E-state index in [1.165, 1.54) is 0 Å². The number of ether oxygens (including phenoxy) is 2. The Morgan fingerprint density at radius 2 is 1.93 bits per heavy atom. The maximum Gasteiger partial charge on any atom is 0.321 e. The molecular formula is C20H16ClN3O3. The first-order valence-electron chi connectivity index (χ1n) is 8.44. The summed E-state index contributed by atoms with van der Waals surface area (Å²) in [5, 5.41) is 3.54. The maximum absolute atomic E-state index is 12.6. The van der Waals surface area contributed by atoms with E-state index < -0.39 is 0 Å². The molecule has 1 amide bonds. The number of fused-ring (bicyclic) bond motifs is 1. The fraction of sp³-hybridized carbons (Fsp3) is 0.150. The van der Waals surface area contributed by atoms with Crippen molar-refractivity contribution in [1.29, 1.82) is 0 Å². The van der Waals surface area contributed by atoms with E-state index in [0.29, 0.717) is 29.5 Å². The predicted molar refractivity (Wildman–Crippen MR) is 101 cm³/mol. The van der Waals surface area contributed by atoms with Crippen molar-refractivity contribution in [2.75, 3.05) is 11.9 Å². The lowest BCUT2D eigenvalue weighted by Crippen LogP contribution is -2.32. The summed E-state index contributed by atoms with van der Waals surface area (Å²) in [6, 6.07) is 14.5. The van der Waals surface area contributed by atoms with Crippen LogP contribution in [0.25, 0.3) is 0 Å². The SMILES string of the molecule is O=C(Nc1ccc(Oc2ncccn2)cc1)C1COc2ccc(Cl)cc2C1. The number of halogens is 1. The van der Waals surface area contributed by atoms with Crippen LogP contribution < -0.4 is 14.8 Å². The third-order valence-electron chi connectivity index (χ3n) is 4.17. The minimum atomic E-state index is -0.274. The van der Waals surface area contributed by atoms with Gasteiger partial charge < -0.3 is 14.8 Å². The molecule has 1 atom stereocenters. The number of aromatic nitrogens is 2. The smallest absolute Gasteiger partial charge is 0.321 e. The van der Waals surface area contributed by atoms with E-state index in [0.717, 1.165) is 11.3 Å². The molecule has 1 aliphatic rings. The van der Waals surface area contributed by atoms with Gasteiger partial charge in [-0.25, -0.2) is 9.97 Å². The highest BCUT2D eigenvalue weighted by atomic mass is 35.5. The van der Waals surface area contributed by atoms with Crippen LogP contribution >= 0.6 is 11.6 Å². The molecule has 1 aliphatic heterocycles. The van der Waals surface area contributed by atoms with Crippen molar-refractivity contribution in [3.05, 3.63) is 71.5 Å². The molecule has 7 heteroatoms. The maximum atomic E-state index is 12.6. The molecule has 1 N–H and O–H groups in total. The lowest BCUT2D eigenvalue weighted by atomic mass is 9.96. The Bertz CT molecular complexity index is 948. The van der Waals surface area contributed by atoms with Crippen LogP contribution in [0.1, 0.15) is 5.56 Å². The zero-order chi connectivity index (χ0) is 18.6. The standard InChI is InChI=1S/C20H16ClN3O3/c21-15-2-7-18-13(11-15)10-14(12-26-18)19(25)24-16-3-5-17(6-4-16)27-20-22-8-1-9-23-20/h1-9,11,14H,10,12H2,(H,24,25). The lowest BCUT2D eigenvalue weighted by Gasteiger charge is -2.24. The third kappa shape index (κ3) is 4.17. The number of rotatable bonds is 4. The monoisotopic (exact) mass is 381 g/mol. The number of benzene rings is 2. The van der Waals surface area contributed by atoms with Crippen molar-refractivity contribution in [3.8, 4) is 17.5 Å². The number of nitrogens with zero attached hydrogens (tertiary/aromatic N) is 2. The van der Waals surface area contributed by atoms with E-state index in [1.807, 2.05) is 12.1 Å². The van der Waals surface area contributed by atoms with E-state index in [2.05, 4.69) is 15.3 Å². The molecule has 0 saturated heterocycles. The first-order valence-corrected chi connectivity index (χ1v) is 8.82. The molecule has 0 spiro atoms. The fourth-order valence-corrected chi connectivity index (χ4v) is 3.02. The van der Waals surface area contributed by atoms with Crippen LogP contribution in [0.2, 0.25) is 5.02 Å². The number of nitrogens with one attached hydrogen (secondary N) is 1. The minimum absolute atomic E-state index is 0.0966. The predicted octanol–water partition coefficient (Wildman–Crippen LogP) is 4.11. The average Bonchev–Trinajstić information content (AvgIpc) is 2.69. The molecule has 0 bridgehead atoms. The first kappa shape index (κ1) is 17.3. The molecule has 0 saturated carbocycles. The van der Waals surface area contributed by atoms with E-state index in [4.69, 9.17) is 21.1 Å². The Hall–Kier alpha value is -3.12. The molecule has 136 valence electrons. The summed E-state index contributed by atoms with van der Waals surface area (Å²) in [4.78, 5) is 20.6. The molecule has 27 heavy (non-hydrogen) atoms. The number of hydrogen-bond acceptors (Lipinski definition) is 5. The van der Waals surface area contributed by atoms with E-state index in [9.17, 15) is 4.79 Å². The highest BCUT2D eigenvalue weighted by Gasteiger charge is 2.26. The van der Waals surface area contributed by atoms with Crippen LogP contribution in [0.5, 0.6) is 17.5 Å². The summed E-state index contributed by atoms with van der Waals surface area (Å²) < 4.78 is 11.2. The van der Waals surface area contributed by atoms with Gasteiger partial charge in [0.2, 0.25) is 5.91 Å².